The highest BCUT2D eigenvalue weighted by Gasteiger charge is 2.16. The van der Waals surface area contributed by atoms with Gasteiger partial charge in [0.25, 0.3) is 0 Å². The minimum absolute atomic E-state index is 0.247. The van der Waals surface area contributed by atoms with Gasteiger partial charge in [-0.05, 0) is 36.4 Å². The number of anilines is 1. The highest BCUT2D eigenvalue weighted by Crippen LogP contribution is 2.17. The van der Waals surface area contributed by atoms with Crippen LogP contribution in [0.3, 0.4) is 0 Å². The lowest BCUT2D eigenvalue weighted by atomic mass is 10.1. The van der Waals surface area contributed by atoms with Gasteiger partial charge in [0.15, 0.2) is 0 Å². The van der Waals surface area contributed by atoms with Crippen LogP contribution in [0, 0.1) is 11.3 Å². The molecule has 2 aromatic carbocycles. The van der Waals surface area contributed by atoms with Crippen LogP contribution in [0.25, 0.3) is 0 Å². The second kappa shape index (κ2) is 7.02. The molecule has 0 heterocycles. The predicted octanol–water partition coefficient (Wildman–Crippen LogP) is 4.28. The maximum Gasteiger partial charge on any atom is 0.225 e. The number of hydrogen-bond donors (Lipinski definition) is 1. The highest BCUT2D eigenvalue weighted by molar-refractivity contribution is 9.10. The fourth-order valence-electron chi connectivity index (χ4n) is 1.54. The minimum Gasteiger partial charge on any atom is -0.286 e. The van der Waals surface area contributed by atoms with Crippen molar-refractivity contribution >= 4 is 44.7 Å². The molecule has 2 rings (SSSR count). The molecule has 0 saturated carbocycles. The number of benzene rings is 2. The van der Waals surface area contributed by atoms with E-state index in [0.717, 1.165) is 4.47 Å². The molecule has 1 N–H and O–H groups in total. The number of Topliss-reactive ketones (excluding diaryl/α,β-unsaturated/α-hetero) is 1. The molecule has 21 heavy (non-hydrogen) atoms. The monoisotopic (exact) mass is 361 g/mol. The molecule has 0 amide bonds. The van der Waals surface area contributed by atoms with E-state index in [4.69, 9.17) is 16.9 Å². The quantitative estimate of drug-likeness (QED) is 0.501. The number of hydrogen-bond acceptors (Lipinski definition) is 4. The molecule has 0 aliphatic heterocycles. The average Bonchev–Trinajstić information content (AvgIpc) is 2.50. The summed E-state index contributed by atoms with van der Waals surface area (Å²) in [7, 11) is 0. The Morgan fingerprint density at radius 1 is 1.19 bits per heavy atom. The molecule has 0 fully saturated rings. The lowest BCUT2D eigenvalue weighted by molar-refractivity contribution is 0.106. The van der Waals surface area contributed by atoms with Crippen molar-refractivity contribution in [2.75, 3.05) is 5.43 Å². The first-order chi connectivity index (χ1) is 10.1. The first kappa shape index (κ1) is 15.2. The number of hydrazone groups is 1. The number of nitrogens with zero attached hydrogens (tertiary/aromatic N) is 2. The molecular weight excluding hydrogens is 354 g/mol. The fourth-order valence-corrected chi connectivity index (χ4v) is 2.03. The molecular formula is C15H9BrClN3O. The number of rotatable bonds is 4. The molecule has 0 unspecified atom stereocenters. The first-order valence-corrected chi connectivity index (χ1v) is 7.07. The Kier molecular flexibility index (Phi) is 5.09. The first-order valence-electron chi connectivity index (χ1n) is 5.90. The van der Waals surface area contributed by atoms with E-state index < -0.39 is 5.78 Å². The third-order valence-corrected chi connectivity index (χ3v) is 3.44. The summed E-state index contributed by atoms with van der Waals surface area (Å²) >= 11 is 9.26. The summed E-state index contributed by atoms with van der Waals surface area (Å²) in [5.41, 5.74) is 3.33. The van der Waals surface area contributed by atoms with Crippen LogP contribution in [0.15, 0.2) is 58.1 Å². The van der Waals surface area contributed by atoms with E-state index >= 15 is 0 Å². The third-order valence-electron chi connectivity index (χ3n) is 2.58. The molecule has 0 aliphatic rings. The van der Waals surface area contributed by atoms with Gasteiger partial charge in [0.1, 0.15) is 6.07 Å². The molecule has 0 aromatic heterocycles. The summed E-state index contributed by atoms with van der Waals surface area (Å²) < 4.78 is 0.921. The van der Waals surface area contributed by atoms with E-state index in [1.54, 1.807) is 42.5 Å². The Balaban J connectivity index is 2.22. The van der Waals surface area contributed by atoms with E-state index in [2.05, 4.69) is 26.5 Å². The lowest BCUT2D eigenvalue weighted by Crippen LogP contribution is -2.14. The zero-order valence-electron chi connectivity index (χ0n) is 10.7. The molecule has 0 saturated heterocycles. The zero-order chi connectivity index (χ0) is 15.2. The van der Waals surface area contributed by atoms with Crippen molar-refractivity contribution in [3.05, 3.63) is 63.6 Å². The molecule has 104 valence electrons. The number of halogens is 2. The molecule has 0 aliphatic carbocycles. The van der Waals surface area contributed by atoms with E-state index in [9.17, 15) is 4.79 Å². The van der Waals surface area contributed by atoms with Gasteiger partial charge in [-0.1, -0.05) is 39.7 Å². The highest BCUT2D eigenvalue weighted by atomic mass is 79.9. The Morgan fingerprint density at radius 2 is 1.86 bits per heavy atom. The van der Waals surface area contributed by atoms with Crippen molar-refractivity contribution in [1.82, 2.24) is 0 Å². The van der Waals surface area contributed by atoms with Crippen LogP contribution in [0.4, 0.5) is 5.69 Å². The van der Waals surface area contributed by atoms with Crippen molar-refractivity contribution in [3.63, 3.8) is 0 Å². The summed E-state index contributed by atoms with van der Waals surface area (Å²) in [5.74, 6) is -0.521. The molecule has 0 spiro atoms. The standard InChI is InChI=1S/C15H9BrClN3O/c16-10-5-7-11(8-6-10)19-20-14(9-18)15(21)12-3-1-2-4-13(12)17/h1-8,19H/b20-14+. The van der Waals surface area contributed by atoms with Crippen LogP contribution >= 0.6 is 27.5 Å². The number of carbonyl (C=O) groups excluding carboxylic acids is 1. The SMILES string of the molecule is N#C/C(=N\Nc1ccc(Br)cc1)C(=O)c1ccccc1Cl. The van der Waals surface area contributed by atoms with Gasteiger partial charge in [0.05, 0.1) is 10.7 Å². The van der Waals surface area contributed by atoms with Crippen LogP contribution in [0.5, 0.6) is 0 Å². The predicted molar refractivity (Wildman–Crippen MR) is 86.6 cm³/mol. The average molecular weight is 363 g/mol. The Labute approximate surface area is 135 Å². The van der Waals surface area contributed by atoms with Crippen molar-refractivity contribution in [2.24, 2.45) is 5.10 Å². The topological polar surface area (TPSA) is 65.2 Å². The second-order valence-electron chi connectivity index (χ2n) is 4.00. The summed E-state index contributed by atoms with van der Waals surface area (Å²) in [6.07, 6.45) is 0. The number of nitriles is 1. The van der Waals surface area contributed by atoms with Gasteiger partial charge in [-0.3, -0.25) is 10.2 Å². The van der Waals surface area contributed by atoms with Gasteiger partial charge < -0.3 is 0 Å². The lowest BCUT2D eigenvalue weighted by Gasteiger charge is -2.03. The van der Waals surface area contributed by atoms with E-state index in [0.29, 0.717) is 5.69 Å². The molecule has 0 bridgehead atoms. The zero-order valence-corrected chi connectivity index (χ0v) is 13.0. The molecule has 0 radical (unpaired) electrons. The van der Waals surface area contributed by atoms with Crippen molar-refractivity contribution in [2.45, 2.75) is 0 Å². The van der Waals surface area contributed by atoms with E-state index in [1.165, 1.54) is 0 Å². The van der Waals surface area contributed by atoms with Crippen LogP contribution in [0.2, 0.25) is 5.02 Å². The fraction of sp³-hybridized carbons (Fsp3) is 0. The van der Waals surface area contributed by atoms with Gasteiger partial charge in [0.2, 0.25) is 11.5 Å². The van der Waals surface area contributed by atoms with Crippen LogP contribution in [0.1, 0.15) is 10.4 Å². The largest absolute Gasteiger partial charge is 0.286 e. The summed E-state index contributed by atoms with van der Waals surface area (Å²) in [6.45, 7) is 0. The van der Waals surface area contributed by atoms with Gasteiger partial charge in [-0.2, -0.15) is 10.4 Å². The number of ketones is 1. The minimum atomic E-state index is -0.521. The van der Waals surface area contributed by atoms with Crippen LogP contribution < -0.4 is 5.43 Å². The van der Waals surface area contributed by atoms with Gasteiger partial charge in [-0.15, -0.1) is 0 Å². The molecule has 0 atom stereocenters. The third kappa shape index (κ3) is 3.91. The molecule has 2 aromatic rings. The molecule has 6 heteroatoms. The molecule has 4 nitrogen and oxygen atoms in total. The van der Waals surface area contributed by atoms with Gasteiger partial charge in [0, 0.05) is 10.0 Å². The van der Waals surface area contributed by atoms with Crippen molar-refractivity contribution in [3.8, 4) is 6.07 Å². The Bertz CT molecular complexity index is 735. The van der Waals surface area contributed by atoms with Gasteiger partial charge >= 0.3 is 0 Å². The maximum atomic E-state index is 12.2. The van der Waals surface area contributed by atoms with Crippen molar-refractivity contribution in [1.29, 1.82) is 5.26 Å². The summed E-state index contributed by atoms with van der Waals surface area (Å²) in [4.78, 5) is 12.2. The van der Waals surface area contributed by atoms with Crippen LogP contribution in [-0.4, -0.2) is 11.5 Å². The Morgan fingerprint density at radius 3 is 2.48 bits per heavy atom. The van der Waals surface area contributed by atoms with Gasteiger partial charge in [-0.25, -0.2) is 0 Å². The van der Waals surface area contributed by atoms with Crippen LogP contribution in [-0.2, 0) is 0 Å². The maximum absolute atomic E-state index is 12.2. The Hall–Kier alpha value is -2.16. The van der Waals surface area contributed by atoms with E-state index in [-0.39, 0.29) is 16.3 Å². The summed E-state index contributed by atoms with van der Waals surface area (Å²) in [5, 5.41) is 13.2. The smallest absolute Gasteiger partial charge is 0.225 e. The normalized spacial score (nSPS) is 10.8. The van der Waals surface area contributed by atoms with Crippen molar-refractivity contribution < 1.29 is 4.79 Å². The number of nitrogens with one attached hydrogen (secondary N) is 1. The summed E-state index contributed by atoms with van der Waals surface area (Å²) in [6, 6.07) is 15.5. The number of carbonyl (C=O) groups is 1. The van der Waals surface area contributed by atoms with E-state index in [1.807, 2.05) is 12.1 Å². The second-order valence-corrected chi connectivity index (χ2v) is 5.32.